The minimum atomic E-state index is -0.385. The third-order valence-corrected chi connectivity index (χ3v) is 4.55. The third-order valence-electron chi connectivity index (χ3n) is 4.55. The maximum Gasteiger partial charge on any atom is 0.494 e. The lowest BCUT2D eigenvalue weighted by molar-refractivity contribution is -0.116. The summed E-state index contributed by atoms with van der Waals surface area (Å²) in [6.45, 7) is 8.14. The highest BCUT2D eigenvalue weighted by Crippen LogP contribution is 2.36. The predicted octanol–water partition coefficient (Wildman–Crippen LogP) is 1.87. The average Bonchev–Trinajstić information content (AvgIpc) is 2.57. The molecule has 2 heterocycles. The van der Waals surface area contributed by atoms with Gasteiger partial charge in [-0.25, -0.2) is 0 Å². The Morgan fingerprint density at radius 2 is 1.75 bits per heavy atom. The lowest BCUT2D eigenvalue weighted by atomic mass is 9.78. The molecule has 2 aliphatic heterocycles. The van der Waals surface area contributed by atoms with Crippen LogP contribution in [0.1, 0.15) is 39.7 Å². The molecule has 4 nitrogen and oxygen atoms in total. The maximum absolute atomic E-state index is 11.5. The number of fused-ring (bicyclic) bond motifs is 1. The van der Waals surface area contributed by atoms with Gasteiger partial charge in [0.15, 0.2) is 0 Å². The molecule has 3 rings (SSSR count). The number of carbonyl (C=O) groups is 1. The van der Waals surface area contributed by atoms with Crippen LogP contribution in [0.4, 0.5) is 5.69 Å². The van der Waals surface area contributed by atoms with Crippen LogP contribution >= 0.6 is 0 Å². The Morgan fingerprint density at radius 1 is 1.10 bits per heavy atom. The molecule has 1 aromatic carbocycles. The van der Waals surface area contributed by atoms with E-state index in [4.69, 9.17) is 9.31 Å². The van der Waals surface area contributed by atoms with Crippen molar-refractivity contribution < 1.29 is 14.1 Å². The van der Waals surface area contributed by atoms with Gasteiger partial charge in [-0.15, -0.1) is 0 Å². The summed E-state index contributed by atoms with van der Waals surface area (Å²) in [5.41, 5.74) is 2.30. The van der Waals surface area contributed by atoms with Crippen LogP contribution < -0.4 is 10.8 Å². The van der Waals surface area contributed by atoms with Crippen molar-refractivity contribution in [1.29, 1.82) is 0 Å². The first-order valence-electron chi connectivity index (χ1n) is 7.07. The van der Waals surface area contributed by atoms with Gasteiger partial charge < -0.3 is 14.6 Å². The van der Waals surface area contributed by atoms with E-state index in [9.17, 15) is 4.79 Å². The minimum Gasteiger partial charge on any atom is -0.399 e. The smallest absolute Gasteiger partial charge is 0.399 e. The summed E-state index contributed by atoms with van der Waals surface area (Å²) in [6, 6.07) is 6.04. The summed E-state index contributed by atoms with van der Waals surface area (Å²) in [4.78, 5) is 11.5. The number of benzene rings is 1. The zero-order valence-corrected chi connectivity index (χ0v) is 12.4. The molecule has 1 N–H and O–H groups in total. The number of hydrogen-bond acceptors (Lipinski definition) is 3. The van der Waals surface area contributed by atoms with Gasteiger partial charge in [-0.05, 0) is 51.2 Å². The number of hydrogen-bond donors (Lipinski definition) is 1. The Bertz CT molecular complexity index is 552. The Hall–Kier alpha value is -1.33. The largest absolute Gasteiger partial charge is 0.494 e. The molecule has 106 valence electrons. The number of anilines is 1. The summed E-state index contributed by atoms with van der Waals surface area (Å²) in [7, 11) is -0.385. The van der Waals surface area contributed by atoms with E-state index in [0.29, 0.717) is 6.42 Å². The monoisotopic (exact) mass is 273 g/mol. The Morgan fingerprint density at radius 3 is 2.40 bits per heavy atom. The molecule has 5 heteroatoms. The molecule has 0 radical (unpaired) electrons. The Kier molecular flexibility index (Phi) is 2.96. The summed E-state index contributed by atoms with van der Waals surface area (Å²) in [5.74, 6) is 0.0727. The highest BCUT2D eigenvalue weighted by molar-refractivity contribution is 6.62. The fourth-order valence-electron chi connectivity index (χ4n) is 2.52. The zero-order valence-electron chi connectivity index (χ0n) is 12.4. The van der Waals surface area contributed by atoms with Crippen LogP contribution in [0.2, 0.25) is 0 Å². The van der Waals surface area contributed by atoms with E-state index in [0.717, 1.165) is 17.6 Å². The molecule has 20 heavy (non-hydrogen) atoms. The van der Waals surface area contributed by atoms with Gasteiger partial charge in [0.25, 0.3) is 0 Å². The van der Waals surface area contributed by atoms with Crippen LogP contribution in [0, 0.1) is 0 Å². The molecule has 1 saturated heterocycles. The van der Waals surface area contributed by atoms with Crippen LogP contribution in [0.15, 0.2) is 18.2 Å². The van der Waals surface area contributed by atoms with E-state index in [2.05, 4.69) is 11.4 Å². The third kappa shape index (κ3) is 2.15. The molecule has 0 spiro atoms. The molecule has 1 fully saturated rings. The molecule has 0 unspecified atom stereocenters. The van der Waals surface area contributed by atoms with Crippen molar-refractivity contribution in [2.75, 3.05) is 5.32 Å². The SMILES string of the molecule is CC1(C)OB(c2ccc3c(c2)NC(=O)CC3)OC1(C)C. The van der Waals surface area contributed by atoms with Crippen molar-refractivity contribution in [3.05, 3.63) is 23.8 Å². The zero-order chi connectivity index (χ0) is 14.5. The molecule has 0 bridgehead atoms. The Labute approximate surface area is 120 Å². The molecule has 1 amide bonds. The number of rotatable bonds is 1. The van der Waals surface area contributed by atoms with E-state index in [1.54, 1.807) is 0 Å². The first-order valence-corrected chi connectivity index (χ1v) is 7.07. The molecular weight excluding hydrogens is 253 g/mol. The second-order valence-corrected chi connectivity index (χ2v) is 6.55. The van der Waals surface area contributed by atoms with Crippen LogP contribution in [0.25, 0.3) is 0 Å². The number of aryl methyl sites for hydroxylation is 1. The second-order valence-electron chi connectivity index (χ2n) is 6.55. The van der Waals surface area contributed by atoms with Gasteiger partial charge in [-0.1, -0.05) is 12.1 Å². The lowest BCUT2D eigenvalue weighted by Gasteiger charge is -2.32. The molecule has 2 aliphatic rings. The highest BCUT2D eigenvalue weighted by atomic mass is 16.7. The molecule has 0 atom stereocenters. The standard InChI is InChI=1S/C15H20BNO3/c1-14(2)15(3,4)20-16(19-14)11-7-5-10-6-8-13(18)17-12(10)9-11/h5,7,9H,6,8H2,1-4H3,(H,17,18). The van der Waals surface area contributed by atoms with Gasteiger partial charge in [0.05, 0.1) is 11.2 Å². The number of carbonyl (C=O) groups excluding carboxylic acids is 1. The van der Waals surface area contributed by atoms with Crippen molar-refractivity contribution in [2.45, 2.75) is 51.7 Å². The quantitative estimate of drug-likeness (QED) is 0.795. The first-order chi connectivity index (χ1) is 9.28. The highest BCUT2D eigenvalue weighted by Gasteiger charge is 2.51. The fraction of sp³-hybridized carbons (Fsp3) is 0.533. The predicted molar refractivity (Wildman–Crippen MR) is 79.1 cm³/mol. The van der Waals surface area contributed by atoms with E-state index >= 15 is 0 Å². The maximum atomic E-state index is 11.5. The van der Waals surface area contributed by atoms with Gasteiger partial charge in [0, 0.05) is 12.1 Å². The topological polar surface area (TPSA) is 47.6 Å². The van der Waals surface area contributed by atoms with E-state index in [1.165, 1.54) is 5.56 Å². The van der Waals surface area contributed by atoms with Crippen LogP contribution in [-0.4, -0.2) is 24.2 Å². The molecule has 0 saturated carbocycles. The molecule has 0 aromatic heterocycles. The molecule has 1 aromatic rings. The molecule has 0 aliphatic carbocycles. The van der Waals surface area contributed by atoms with E-state index < -0.39 is 0 Å². The summed E-state index contributed by atoms with van der Waals surface area (Å²) in [5, 5.41) is 2.92. The normalized spacial score (nSPS) is 23.4. The van der Waals surface area contributed by atoms with Crippen LogP contribution in [0.5, 0.6) is 0 Å². The summed E-state index contributed by atoms with van der Waals surface area (Å²) in [6.07, 6.45) is 1.35. The molecular formula is C15H20BNO3. The average molecular weight is 273 g/mol. The second kappa shape index (κ2) is 4.33. The van der Waals surface area contributed by atoms with Crippen molar-refractivity contribution in [2.24, 2.45) is 0 Å². The van der Waals surface area contributed by atoms with Crippen molar-refractivity contribution in [1.82, 2.24) is 0 Å². The van der Waals surface area contributed by atoms with E-state index in [1.807, 2.05) is 39.8 Å². The van der Waals surface area contributed by atoms with Crippen LogP contribution in [0.3, 0.4) is 0 Å². The van der Waals surface area contributed by atoms with E-state index in [-0.39, 0.29) is 24.2 Å². The number of nitrogens with one attached hydrogen (secondary N) is 1. The number of amides is 1. The minimum absolute atomic E-state index is 0.0727. The van der Waals surface area contributed by atoms with Gasteiger partial charge in [0.2, 0.25) is 5.91 Å². The van der Waals surface area contributed by atoms with Gasteiger partial charge >= 0.3 is 7.12 Å². The lowest BCUT2D eigenvalue weighted by Crippen LogP contribution is -2.41. The van der Waals surface area contributed by atoms with Gasteiger partial charge in [-0.3, -0.25) is 4.79 Å². The Balaban J connectivity index is 1.89. The van der Waals surface area contributed by atoms with Crippen molar-refractivity contribution in [3.63, 3.8) is 0 Å². The van der Waals surface area contributed by atoms with Crippen LogP contribution in [-0.2, 0) is 20.5 Å². The van der Waals surface area contributed by atoms with Crippen molar-refractivity contribution in [3.8, 4) is 0 Å². The summed E-state index contributed by atoms with van der Waals surface area (Å²) >= 11 is 0. The first kappa shape index (κ1) is 13.6. The van der Waals surface area contributed by atoms with Gasteiger partial charge in [0.1, 0.15) is 0 Å². The fourth-order valence-corrected chi connectivity index (χ4v) is 2.52. The summed E-state index contributed by atoms with van der Waals surface area (Å²) < 4.78 is 12.1. The van der Waals surface area contributed by atoms with Gasteiger partial charge in [-0.2, -0.15) is 0 Å². The van der Waals surface area contributed by atoms with Crippen molar-refractivity contribution >= 4 is 24.2 Å².